The zero-order valence-corrected chi connectivity index (χ0v) is 17.7. The predicted octanol–water partition coefficient (Wildman–Crippen LogP) is 4.78. The molecule has 0 saturated heterocycles. The number of aromatic nitrogens is 4. The van der Waals surface area contributed by atoms with E-state index in [4.69, 9.17) is 11.6 Å². The number of benzene rings is 3. The summed E-state index contributed by atoms with van der Waals surface area (Å²) in [7, 11) is 0. The highest BCUT2D eigenvalue weighted by Gasteiger charge is 2.08. The largest absolute Gasteiger partial charge is 0.310 e. The van der Waals surface area contributed by atoms with Gasteiger partial charge in [0, 0.05) is 0 Å². The fourth-order valence-corrected chi connectivity index (χ4v) is 3.69. The number of rotatable bonds is 1. The second kappa shape index (κ2) is 8.53. The summed E-state index contributed by atoms with van der Waals surface area (Å²) >= 11 is 5.85. The smallest absolute Gasteiger partial charge is 0.260 e. The molecule has 3 aromatic carbocycles. The number of hydrogen-bond acceptors (Lipinski definition) is 4. The van der Waals surface area contributed by atoms with E-state index in [0.717, 1.165) is 16.6 Å². The number of fused-ring (bicyclic) bond motifs is 2. The lowest BCUT2D eigenvalue weighted by Crippen LogP contribution is -2.10. The van der Waals surface area contributed by atoms with Gasteiger partial charge >= 0.3 is 0 Å². The van der Waals surface area contributed by atoms with Crippen LogP contribution in [-0.2, 0) is 0 Å². The van der Waals surface area contributed by atoms with Crippen molar-refractivity contribution in [3.8, 4) is 11.1 Å². The monoisotopic (exact) mass is 430 g/mol. The molecule has 5 aromatic rings. The zero-order valence-electron chi connectivity index (χ0n) is 16.9. The van der Waals surface area contributed by atoms with Gasteiger partial charge in [0.15, 0.2) is 0 Å². The summed E-state index contributed by atoms with van der Waals surface area (Å²) in [6, 6.07) is 20.8. The molecule has 0 spiro atoms. The van der Waals surface area contributed by atoms with Crippen LogP contribution in [0.25, 0.3) is 32.9 Å². The molecule has 0 aliphatic carbocycles. The summed E-state index contributed by atoms with van der Waals surface area (Å²) in [6.45, 7) is 3.53. The molecule has 31 heavy (non-hydrogen) atoms. The normalized spacial score (nSPS) is 10.7. The van der Waals surface area contributed by atoms with Crippen molar-refractivity contribution < 1.29 is 0 Å². The second-order valence-electron chi connectivity index (χ2n) is 7.00. The molecule has 5 rings (SSSR count). The minimum atomic E-state index is -0.187. The highest BCUT2D eigenvalue weighted by Crippen LogP contribution is 2.24. The molecule has 0 radical (unpaired) electrons. The van der Waals surface area contributed by atoms with Crippen molar-refractivity contribution in [1.29, 1.82) is 0 Å². The van der Waals surface area contributed by atoms with Crippen LogP contribution in [0.3, 0.4) is 0 Å². The molecule has 6 nitrogen and oxygen atoms in total. The van der Waals surface area contributed by atoms with Crippen LogP contribution in [0.2, 0.25) is 5.02 Å². The van der Waals surface area contributed by atoms with Gasteiger partial charge in [-0.3, -0.25) is 9.59 Å². The zero-order chi connectivity index (χ0) is 22.0. The highest BCUT2D eigenvalue weighted by molar-refractivity contribution is 6.35. The Morgan fingerprint density at radius 1 is 0.677 bits per heavy atom. The third-order valence-electron chi connectivity index (χ3n) is 4.74. The van der Waals surface area contributed by atoms with Gasteiger partial charge in [-0.1, -0.05) is 60.1 Å². The van der Waals surface area contributed by atoms with Crippen LogP contribution >= 0.6 is 11.6 Å². The number of nitrogens with zero attached hydrogens (tertiary/aromatic N) is 2. The van der Waals surface area contributed by atoms with E-state index in [1.54, 1.807) is 32.0 Å². The molecule has 0 bridgehead atoms. The summed E-state index contributed by atoms with van der Waals surface area (Å²) in [5, 5.41) is 1.54. The lowest BCUT2D eigenvalue weighted by molar-refractivity contribution is 1.06. The first kappa shape index (κ1) is 20.5. The van der Waals surface area contributed by atoms with Gasteiger partial charge in [-0.2, -0.15) is 0 Å². The van der Waals surface area contributed by atoms with Crippen LogP contribution in [0, 0.1) is 13.8 Å². The van der Waals surface area contributed by atoms with E-state index in [1.165, 1.54) is 0 Å². The minimum Gasteiger partial charge on any atom is -0.310 e. The Balaban J connectivity index is 0.000000158. The molecular weight excluding hydrogens is 412 g/mol. The van der Waals surface area contributed by atoms with Gasteiger partial charge in [0.2, 0.25) is 0 Å². The maximum Gasteiger partial charge on any atom is 0.260 e. The van der Waals surface area contributed by atoms with E-state index in [0.29, 0.717) is 33.0 Å². The molecule has 0 amide bonds. The number of aromatic amines is 2. The van der Waals surface area contributed by atoms with Gasteiger partial charge in [-0.25, -0.2) is 9.97 Å². The van der Waals surface area contributed by atoms with Crippen molar-refractivity contribution in [2.45, 2.75) is 13.8 Å². The van der Waals surface area contributed by atoms with E-state index < -0.39 is 0 Å². The molecule has 0 saturated carbocycles. The predicted molar refractivity (Wildman–Crippen MR) is 125 cm³/mol. The summed E-state index contributed by atoms with van der Waals surface area (Å²) in [4.78, 5) is 37.4. The van der Waals surface area contributed by atoms with E-state index in [1.807, 2.05) is 48.5 Å². The molecule has 154 valence electrons. The summed E-state index contributed by atoms with van der Waals surface area (Å²) in [5.74, 6) is 1.23. The third-order valence-corrected chi connectivity index (χ3v) is 5.05. The molecule has 2 N–H and O–H groups in total. The molecular formula is C24H19ClN4O2. The maximum absolute atomic E-state index is 12.1. The molecule has 2 heterocycles. The number of aryl methyl sites for hydroxylation is 2. The van der Waals surface area contributed by atoms with E-state index in [2.05, 4.69) is 19.9 Å². The van der Waals surface area contributed by atoms with Crippen molar-refractivity contribution in [2.24, 2.45) is 0 Å². The Kier molecular flexibility index (Phi) is 5.64. The molecule has 2 aromatic heterocycles. The Hall–Kier alpha value is -3.77. The minimum absolute atomic E-state index is 0.0862. The van der Waals surface area contributed by atoms with Crippen molar-refractivity contribution >= 4 is 33.4 Å². The van der Waals surface area contributed by atoms with Crippen molar-refractivity contribution in [1.82, 2.24) is 19.9 Å². The number of hydrogen-bond donors (Lipinski definition) is 2. The first-order valence-corrected chi connectivity index (χ1v) is 10.0. The average Bonchev–Trinajstić information content (AvgIpc) is 2.74. The lowest BCUT2D eigenvalue weighted by Gasteiger charge is -2.06. The van der Waals surface area contributed by atoms with Crippen molar-refractivity contribution in [3.05, 3.63) is 104 Å². The summed E-state index contributed by atoms with van der Waals surface area (Å²) < 4.78 is 0. The summed E-state index contributed by atoms with van der Waals surface area (Å²) in [5.41, 5.74) is 3.04. The van der Waals surface area contributed by atoms with Crippen molar-refractivity contribution in [2.75, 3.05) is 0 Å². The topological polar surface area (TPSA) is 91.5 Å². The Labute approximate surface area is 182 Å². The van der Waals surface area contributed by atoms with Gasteiger partial charge in [0.05, 0.1) is 26.8 Å². The lowest BCUT2D eigenvalue weighted by atomic mass is 10.0. The number of nitrogens with one attached hydrogen (secondary N) is 2. The molecule has 0 aliphatic rings. The van der Waals surface area contributed by atoms with Crippen LogP contribution in [0.15, 0.2) is 76.3 Å². The standard InChI is InChI=1S/C15H12N2O.C9H7ClN2O/c1-10-16-13-9-5-8-12(14(13)15(18)17-10)11-6-3-2-4-7-11;1-5-11-7-4-2-3-6(10)8(7)9(13)12-5/h2-9H,1H3,(H,16,17,18);2-4H,1H3,(H,11,12,13). The highest BCUT2D eigenvalue weighted by atomic mass is 35.5. The number of halogens is 1. The SMILES string of the molecule is Cc1nc2cccc(-c3ccccc3)c2c(=O)[nH]1.Cc1nc2cccc(Cl)c2c(=O)[nH]1. The van der Waals surface area contributed by atoms with Crippen LogP contribution in [0.5, 0.6) is 0 Å². The van der Waals surface area contributed by atoms with Crippen LogP contribution in [0.1, 0.15) is 11.6 Å². The Morgan fingerprint density at radius 3 is 1.87 bits per heavy atom. The van der Waals surface area contributed by atoms with E-state index in [9.17, 15) is 9.59 Å². The van der Waals surface area contributed by atoms with Crippen LogP contribution < -0.4 is 11.1 Å². The Morgan fingerprint density at radius 2 is 1.23 bits per heavy atom. The maximum atomic E-state index is 12.1. The summed E-state index contributed by atoms with van der Waals surface area (Å²) in [6.07, 6.45) is 0. The fourth-order valence-electron chi connectivity index (χ4n) is 3.43. The van der Waals surface area contributed by atoms with Gasteiger partial charge < -0.3 is 9.97 Å². The average molecular weight is 431 g/mol. The Bertz CT molecular complexity index is 1510. The van der Waals surface area contributed by atoms with Crippen LogP contribution in [0.4, 0.5) is 0 Å². The van der Waals surface area contributed by atoms with Crippen molar-refractivity contribution in [3.63, 3.8) is 0 Å². The van der Waals surface area contributed by atoms with Crippen LogP contribution in [-0.4, -0.2) is 19.9 Å². The molecule has 7 heteroatoms. The molecule has 0 unspecified atom stereocenters. The third kappa shape index (κ3) is 4.25. The first-order chi connectivity index (χ1) is 14.9. The quantitative estimate of drug-likeness (QED) is 0.400. The van der Waals surface area contributed by atoms with E-state index in [-0.39, 0.29) is 11.1 Å². The van der Waals surface area contributed by atoms with Gasteiger partial charge in [-0.05, 0) is 43.2 Å². The van der Waals surface area contributed by atoms with E-state index >= 15 is 0 Å². The van der Waals surface area contributed by atoms with Gasteiger partial charge in [-0.15, -0.1) is 0 Å². The molecule has 0 atom stereocenters. The van der Waals surface area contributed by atoms with Gasteiger partial charge in [0.1, 0.15) is 11.6 Å². The molecule has 0 aliphatic heterocycles. The fraction of sp³-hybridized carbons (Fsp3) is 0.0833. The second-order valence-corrected chi connectivity index (χ2v) is 7.41. The number of H-pyrrole nitrogens is 2. The molecule has 0 fully saturated rings. The van der Waals surface area contributed by atoms with Gasteiger partial charge in [0.25, 0.3) is 11.1 Å². The first-order valence-electron chi connectivity index (χ1n) is 9.64.